The van der Waals surface area contributed by atoms with Crippen LogP contribution in [0.4, 0.5) is 0 Å². The van der Waals surface area contributed by atoms with Gasteiger partial charge in [0.25, 0.3) is 0 Å². The highest BCUT2D eigenvalue weighted by Crippen LogP contribution is 2.08. The highest BCUT2D eigenvalue weighted by atomic mass is 16.5. The predicted molar refractivity (Wildman–Crippen MR) is 69.6 cm³/mol. The fourth-order valence-electron chi connectivity index (χ4n) is 1.45. The second-order valence-electron chi connectivity index (χ2n) is 3.69. The average Bonchev–Trinajstić information content (AvgIpc) is 2.43. The summed E-state index contributed by atoms with van der Waals surface area (Å²) in [5.74, 6) is 4.42. The van der Waals surface area contributed by atoms with Gasteiger partial charge >= 0.3 is 5.97 Å². The summed E-state index contributed by atoms with van der Waals surface area (Å²) < 4.78 is 4.75. The molecule has 1 aromatic carbocycles. The minimum atomic E-state index is -0.371. The zero-order valence-electron chi connectivity index (χ0n) is 10.6. The third-order valence-electron chi connectivity index (χ3n) is 2.34. The number of ketones is 1. The van der Waals surface area contributed by atoms with Crippen molar-refractivity contribution in [3.63, 3.8) is 0 Å². The van der Waals surface area contributed by atoms with Crippen LogP contribution in [0.2, 0.25) is 0 Å². The summed E-state index contributed by atoms with van der Waals surface area (Å²) >= 11 is 0. The van der Waals surface area contributed by atoms with E-state index < -0.39 is 0 Å². The van der Waals surface area contributed by atoms with Gasteiger partial charge in [-0.1, -0.05) is 18.1 Å². The van der Waals surface area contributed by atoms with Crippen LogP contribution >= 0.6 is 0 Å². The number of benzene rings is 1. The zero-order chi connectivity index (χ0) is 14.1. The minimum Gasteiger partial charge on any atom is -0.466 e. The van der Waals surface area contributed by atoms with Crippen molar-refractivity contribution >= 4 is 18.0 Å². The van der Waals surface area contributed by atoms with Crippen molar-refractivity contribution in [1.82, 2.24) is 0 Å². The number of carbonyl (C=O) groups excluding carboxylic acids is 3. The van der Waals surface area contributed by atoms with Gasteiger partial charge in [0, 0.05) is 17.5 Å². The standard InChI is InChI=1S/C15H14O4/c1-2-19-15(18)10-9-14(17)13-7-5-12(6-8-13)4-3-11-16/h5-8,11H,2,9-10H2,1H3. The number of aldehydes is 1. The maximum Gasteiger partial charge on any atom is 0.306 e. The van der Waals surface area contributed by atoms with Crippen LogP contribution in [0.1, 0.15) is 35.7 Å². The first-order chi connectivity index (χ1) is 9.17. The van der Waals surface area contributed by atoms with Gasteiger partial charge in [-0.05, 0) is 25.0 Å². The second kappa shape index (κ2) is 7.83. The maximum absolute atomic E-state index is 11.8. The van der Waals surface area contributed by atoms with E-state index in [1.807, 2.05) is 0 Å². The van der Waals surface area contributed by atoms with Crippen molar-refractivity contribution in [1.29, 1.82) is 0 Å². The molecule has 0 radical (unpaired) electrons. The average molecular weight is 258 g/mol. The Morgan fingerprint density at radius 3 is 2.47 bits per heavy atom. The van der Waals surface area contributed by atoms with E-state index in [2.05, 4.69) is 11.8 Å². The van der Waals surface area contributed by atoms with Crippen molar-refractivity contribution < 1.29 is 19.1 Å². The maximum atomic E-state index is 11.8. The van der Waals surface area contributed by atoms with E-state index in [0.29, 0.717) is 24.0 Å². The second-order valence-corrected chi connectivity index (χ2v) is 3.69. The number of carbonyl (C=O) groups is 3. The predicted octanol–water partition coefficient (Wildman–Crippen LogP) is 1.76. The normalized spacial score (nSPS) is 9.11. The van der Waals surface area contributed by atoms with Crippen molar-refractivity contribution in [3.8, 4) is 11.8 Å². The molecule has 1 aromatic rings. The number of ether oxygens (including phenoxy) is 1. The van der Waals surface area contributed by atoms with Gasteiger partial charge in [0.2, 0.25) is 0 Å². The lowest BCUT2D eigenvalue weighted by molar-refractivity contribution is -0.143. The molecule has 0 saturated carbocycles. The summed E-state index contributed by atoms with van der Waals surface area (Å²) in [6.07, 6.45) is 0.718. The van der Waals surface area contributed by atoms with E-state index in [-0.39, 0.29) is 24.6 Å². The summed E-state index contributed by atoms with van der Waals surface area (Å²) in [6.45, 7) is 2.04. The Morgan fingerprint density at radius 2 is 1.89 bits per heavy atom. The van der Waals surface area contributed by atoms with Crippen LogP contribution in [0.5, 0.6) is 0 Å². The molecule has 0 spiro atoms. The Kier molecular flexibility index (Phi) is 6.04. The van der Waals surface area contributed by atoms with Gasteiger partial charge in [0.15, 0.2) is 12.1 Å². The Balaban J connectivity index is 2.58. The number of hydrogen-bond acceptors (Lipinski definition) is 4. The molecule has 0 aromatic heterocycles. The molecule has 0 fully saturated rings. The summed E-state index contributed by atoms with van der Waals surface area (Å²) in [5, 5.41) is 0. The molecular weight excluding hydrogens is 244 g/mol. The molecule has 0 amide bonds. The summed E-state index contributed by atoms with van der Waals surface area (Å²) in [7, 11) is 0. The third kappa shape index (κ3) is 5.17. The largest absolute Gasteiger partial charge is 0.466 e. The van der Waals surface area contributed by atoms with Gasteiger partial charge in [-0.15, -0.1) is 0 Å². The number of hydrogen-bond donors (Lipinski definition) is 0. The molecule has 0 N–H and O–H groups in total. The van der Waals surface area contributed by atoms with Gasteiger partial charge in [0.05, 0.1) is 13.0 Å². The monoisotopic (exact) mass is 258 g/mol. The Morgan fingerprint density at radius 1 is 1.21 bits per heavy atom. The van der Waals surface area contributed by atoms with Gasteiger partial charge in [0.1, 0.15) is 0 Å². The highest BCUT2D eigenvalue weighted by Gasteiger charge is 2.09. The molecule has 0 bridgehead atoms. The van der Waals surface area contributed by atoms with Crippen molar-refractivity contribution in [2.45, 2.75) is 19.8 Å². The lowest BCUT2D eigenvalue weighted by atomic mass is 10.0. The van der Waals surface area contributed by atoms with Crippen molar-refractivity contribution in [3.05, 3.63) is 35.4 Å². The van der Waals surface area contributed by atoms with Crippen LogP contribution in [0, 0.1) is 11.8 Å². The van der Waals surface area contributed by atoms with E-state index in [1.165, 1.54) is 0 Å². The molecule has 0 atom stereocenters. The highest BCUT2D eigenvalue weighted by molar-refractivity contribution is 5.97. The van der Waals surface area contributed by atoms with E-state index in [1.54, 1.807) is 31.2 Å². The van der Waals surface area contributed by atoms with E-state index in [9.17, 15) is 14.4 Å². The molecular formula is C15H14O4. The molecule has 0 aliphatic heterocycles. The molecule has 1 rings (SSSR count). The van der Waals surface area contributed by atoms with Gasteiger partial charge in [-0.3, -0.25) is 14.4 Å². The Bertz CT molecular complexity index is 517. The lowest BCUT2D eigenvalue weighted by Crippen LogP contribution is -2.07. The fourth-order valence-corrected chi connectivity index (χ4v) is 1.45. The topological polar surface area (TPSA) is 60.4 Å². The Hall–Kier alpha value is -2.41. The van der Waals surface area contributed by atoms with Gasteiger partial charge < -0.3 is 4.74 Å². The van der Waals surface area contributed by atoms with E-state index >= 15 is 0 Å². The lowest BCUT2D eigenvalue weighted by Gasteiger charge is -2.02. The quantitative estimate of drug-likeness (QED) is 0.349. The van der Waals surface area contributed by atoms with Crippen molar-refractivity contribution in [2.24, 2.45) is 0 Å². The SMILES string of the molecule is CCOC(=O)CCC(=O)c1ccc(C#CC=O)cc1. The summed E-state index contributed by atoms with van der Waals surface area (Å²) in [6, 6.07) is 6.58. The van der Waals surface area contributed by atoms with Crippen LogP contribution in [-0.4, -0.2) is 24.6 Å². The van der Waals surface area contributed by atoms with Gasteiger partial charge in [-0.2, -0.15) is 0 Å². The summed E-state index contributed by atoms with van der Waals surface area (Å²) in [4.78, 5) is 33.0. The number of rotatable bonds is 5. The first-order valence-corrected chi connectivity index (χ1v) is 5.91. The molecule has 0 heterocycles. The molecule has 19 heavy (non-hydrogen) atoms. The first-order valence-electron chi connectivity index (χ1n) is 5.91. The van der Waals surface area contributed by atoms with E-state index in [4.69, 9.17) is 4.74 Å². The molecule has 4 nitrogen and oxygen atoms in total. The van der Waals surface area contributed by atoms with E-state index in [0.717, 1.165) is 0 Å². The molecule has 0 saturated heterocycles. The first kappa shape index (κ1) is 14.7. The molecule has 0 unspecified atom stereocenters. The Labute approximate surface area is 111 Å². The zero-order valence-corrected chi connectivity index (χ0v) is 10.6. The number of Topliss-reactive ketones (excluding diaryl/α,β-unsaturated/α-hetero) is 1. The molecule has 0 aliphatic carbocycles. The molecule has 98 valence electrons. The molecule has 0 aliphatic rings. The number of esters is 1. The molecule has 4 heteroatoms. The van der Waals surface area contributed by atoms with Crippen LogP contribution < -0.4 is 0 Å². The van der Waals surface area contributed by atoms with Crippen molar-refractivity contribution in [2.75, 3.05) is 6.61 Å². The third-order valence-corrected chi connectivity index (χ3v) is 2.34. The fraction of sp³-hybridized carbons (Fsp3) is 0.267. The smallest absolute Gasteiger partial charge is 0.306 e. The summed E-state index contributed by atoms with van der Waals surface area (Å²) in [5.41, 5.74) is 1.18. The minimum absolute atomic E-state index is 0.0827. The van der Waals surface area contributed by atoms with Crippen LogP contribution in [0.3, 0.4) is 0 Å². The van der Waals surface area contributed by atoms with Gasteiger partial charge in [-0.25, -0.2) is 0 Å². The van der Waals surface area contributed by atoms with Crippen LogP contribution in [0.25, 0.3) is 0 Å². The van der Waals surface area contributed by atoms with Crippen LogP contribution in [0.15, 0.2) is 24.3 Å². The van der Waals surface area contributed by atoms with Crippen LogP contribution in [-0.2, 0) is 14.3 Å².